The number of rotatable bonds is 42. The van der Waals surface area contributed by atoms with E-state index in [0.29, 0.717) is 17.4 Å². The summed E-state index contributed by atoms with van der Waals surface area (Å²) in [6, 6.07) is -0.878. The Kier molecular flexibility index (Phi) is 37.3. The van der Waals surface area contributed by atoms with Crippen molar-refractivity contribution in [3.05, 3.63) is 12.2 Å². The number of aliphatic hydroxyl groups excluding tert-OH is 1. The first-order valence-corrected chi connectivity index (χ1v) is 24.5. The predicted octanol–water partition coefficient (Wildman–Crippen LogP) is 12.1. The summed E-state index contributed by atoms with van der Waals surface area (Å²) in [4.78, 5) is 25.2. The number of aliphatic hydroxyl groups is 1. The number of carbonyl (C=O) groups is 1. The van der Waals surface area contributed by atoms with E-state index in [1.807, 2.05) is 27.2 Å². The Labute approximate surface area is 335 Å². The highest BCUT2D eigenvalue weighted by Crippen LogP contribution is 2.38. The van der Waals surface area contributed by atoms with Crippen LogP contribution in [0.15, 0.2) is 12.2 Å². The third-order valence-corrected chi connectivity index (χ3v) is 11.5. The lowest BCUT2D eigenvalue weighted by Gasteiger charge is -2.29. The van der Waals surface area contributed by atoms with Crippen molar-refractivity contribution in [2.24, 2.45) is 0 Å². The summed E-state index contributed by atoms with van der Waals surface area (Å²) in [6.07, 6.45) is 42.7. The molecule has 0 aromatic heterocycles. The average molecular weight is 787 g/mol. The normalized spacial score (nSPS) is 14.4. The number of hydrogen-bond donors (Lipinski definition) is 2. The van der Waals surface area contributed by atoms with Gasteiger partial charge in [0.1, 0.15) is 13.2 Å². The quantitative estimate of drug-likeness (QED) is 0.0276. The van der Waals surface area contributed by atoms with E-state index in [2.05, 4.69) is 19.2 Å². The maximum Gasteiger partial charge on any atom is 0.268 e. The Morgan fingerprint density at radius 2 is 1.00 bits per heavy atom. The molecule has 3 atom stereocenters. The molecule has 0 fully saturated rings. The number of nitrogens with zero attached hydrogens (tertiary/aromatic N) is 1. The third kappa shape index (κ3) is 39.5. The molecule has 0 rings (SSSR count). The summed E-state index contributed by atoms with van der Waals surface area (Å²) in [6.45, 7) is 4.63. The van der Waals surface area contributed by atoms with E-state index < -0.39 is 20.0 Å². The van der Waals surface area contributed by atoms with Crippen molar-refractivity contribution in [2.45, 2.75) is 231 Å². The van der Waals surface area contributed by atoms with Crippen molar-refractivity contribution in [2.75, 3.05) is 40.9 Å². The first kappa shape index (κ1) is 53.2. The van der Waals surface area contributed by atoms with Crippen LogP contribution in [-0.4, -0.2) is 68.5 Å². The standard InChI is InChI=1S/C45H91N2O6P/c1-6-8-10-12-14-16-17-18-19-20-21-22-23-24-25-26-27-28-29-31-33-35-37-39-45(49)46-43(42-53-54(50,51)52-41-40-47(3,4)5)44(48)38-36-34-32-30-15-13-11-9-7-2/h36,38,43-44,48H,6-35,37,39-42H2,1-5H3,(H-,46,49,50,51)/b38-36+/t43-,44+/m0/s1. The highest BCUT2D eigenvalue weighted by Gasteiger charge is 2.23. The van der Waals surface area contributed by atoms with E-state index in [9.17, 15) is 19.4 Å². The Morgan fingerprint density at radius 1 is 0.630 bits per heavy atom. The van der Waals surface area contributed by atoms with Crippen molar-refractivity contribution < 1.29 is 32.9 Å². The molecule has 0 spiro atoms. The number of likely N-dealkylation sites (N-methyl/N-ethyl adjacent to an activating group) is 1. The molecule has 0 aliphatic carbocycles. The molecule has 0 aliphatic rings. The van der Waals surface area contributed by atoms with E-state index in [1.165, 1.54) is 161 Å². The van der Waals surface area contributed by atoms with E-state index in [4.69, 9.17) is 9.05 Å². The van der Waals surface area contributed by atoms with Crippen LogP contribution in [0.3, 0.4) is 0 Å². The van der Waals surface area contributed by atoms with E-state index >= 15 is 0 Å². The molecule has 0 aromatic rings. The number of phosphoric ester groups is 1. The molecule has 0 saturated heterocycles. The minimum atomic E-state index is -4.58. The second-order valence-corrected chi connectivity index (χ2v) is 18.5. The first-order valence-electron chi connectivity index (χ1n) is 23.1. The van der Waals surface area contributed by atoms with Crippen LogP contribution in [0.25, 0.3) is 0 Å². The number of allylic oxidation sites excluding steroid dienone is 1. The number of amides is 1. The number of quaternary nitrogens is 1. The van der Waals surface area contributed by atoms with Gasteiger partial charge in [-0.25, -0.2) is 0 Å². The highest BCUT2D eigenvalue weighted by atomic mass is 31.2. The van der Waals surface area contributed by atoms with Gasteiger partial charge in [0.05, 0.1) is 39.9 Å². The first-order chi connectivity index (χ1) is 26.0. The molecular formula is C45H91N2O6P. The Bertz CT molecular complexity index is 896. The average Bonchev–Trinajstić information content (AvgIpc) is 3.12. The number of unbranched alkanes of at least 4 members (excludes halogenated alkanes) is 29. The number of hydrogen-bond acceptors (Lipinski definition) is 6. The molecule has 1 unspecified atom stereocenters. The molecule has 0 aliphatic heterocycles. The van der Waals surface area contributed by atoms with E-state index in [-0.39, 0.29) is 19.1 Å². The van der Waals surface area contributed by atoms with Gasteiger partial charge >= 0.3 is 0 Å². The lowest BCUT2D eigenvalue weighted by Crippen LogP contribution is -2.45. The van der Waals surface area contributed by atoms with Crippen LogP contribution in [0.1, 0.15) is 219 Å². The molecule has 0 heterocycles. The van der Waals surface area contributed by atoms with Crippen molar-refractivity contribution >= 4 is 13.7 Å². The monoisotopic (exact) mass is 787 g/mol. The van der Waals surface area contributed by atoms with Gasteiger partial charge in [0, 0.05) is 6.42 Å². The minimum Gasteiger partial charge on any atom is -0.756 e. The molecule has 8 nitrogen and oxygen atoms in total. The second-order valence-electron chi connectivity index (χ2n) is 17.1. The van der Waals surface area contributed by atoms with Gasteiger partial charge in [-0.05, 0) is 19.3 Å². The van der Waals surface area contributed by atoms with Crippen LogP contribution in [0.2, 0.25) is 0 Å². The molecule has 9 heteroatoms. The highest BCUT2D eigenvalue weighted by molar-refractivity contribution is 7.45. The van der Waals surface area contributed by atoms with Gasteiger partial charge in [-0.2, -0.15) is 0 Å². The van der Waals surface area contributed by atoms with Crippen LogP contribution < -0.4 is 10.2 Å². The molecule has 0 saturated carbocycles. The maximum atomic E-state index is 12.8. The Hall–Kier alpha value is -0.760. The van der Waals surface area contributed by atoms with Gasteiger partial charge in [-0.1, -0.05) is 206 Å². The van der Waals surface area contributed by atoms with Crippen LogP contribution in [0.5, 0.6) is 0 Å². The van der Waals surface area contributed by atoms with Crippen molar-refractivity contribution in [1.82, 2.24) is 5.32 Å². The zero-order valence-electron chi connectivity index (χ0n) is 36.4. The molecule has 0 bridgehead atoms. The summed E-state index contributed by atoms with van der Waals surface area (Å²) in [5, 5.41) is 13.7. The predicted molar refractivity (Wildman–Crippen MR) is 229 cm³/mol. The Morgan fingerprint density at radius 3 is 1.39 bits per heavy atom. The zero-order valence-corrected chi connectivity index (χ0v) is 37.3. The summed E-state index contributed by atoms with van der Waals surface area (Å²) in [5.74, 6) is -0.196. The minimum absolute atomic E-state index is 0.00173. The molecule has 1 amide bonds. The molecule has 322 valence electrons. The fourth-order valence-corrected chi connectivity index (χ4v) is 7.52. The topological polar surface area (TPSA) is 108 Å². The lowest BCUT2D eigenvalue weighted by atomic mass is 10.0. The summed E-state index contributed by atoms with van der Waals surface area (Å²) in [5.41, 5.74) is 0. The summed E-state index contributed by atoms with van der Waals surface area (Å²) >= 11 is 0. The van der Waals surface area contributed by atoms with Crippen LogP contribution in [0, 0.1) is 0 Å². The molecule has 0 aromatic carbocycles. The second kappa shape index (κ2) is 37.8. The zero-order chi connectivity index (χ0) is 40.0. The smallest absolute Gasteiger partial charge is 0.268 e. The maximum absolute atomic E-state index is 12.8. The molecule has 2 N–H and O–H groups in total. The lowest BCUT2D eigenvalue weighted by molar-refractivity contribution is -0.870. The summed E-state index contributed by atoms with van der Waals surface area (Å²) in [7, 11) is 1.27. The van der Waals surface area contributed by atoms with Gasteiger partial charge in [0.2, 0.25) is 5.91 Å². The molecule has 54 heavy (non-hydrogen) atoms. The Balaban J connectivity index is 4.14. The molecular weight excluding hydrogens is 695 g/mol. The number of phosphoric acid groups is 1. The van der Waals surface area contributed by atoms with Crippen LogP contribution in [0.4, 0.5) is 0 Å². The van der Waals surface area contributed by atoms with E-state index in [0.717, 1.165) is 38.5 Å². The molecule has 0 radical (unpaired) electrons. The fourth-order valence-electron chi connectivity index (χ4n) is 6.80. The van der Waals surface area contributed by atoms with Gasteiger partial charge < -0.3 is 28.8 Å². The van der Waals surface area contributed by atoms with Crippen molar-refractivity contribution in [3.63, 3.8) is 0 Å². The number of carbonyl (C=O) groups excluding carboxylic acids is 1. The van der Waals surface area contributed by atoms with Crippen molar-refractivity contribution in [1.29, 1.82) is 0 Å². The van der Waals surface area contributed by atoms with Crippen molar-refractivity contribution in [3.8, 4) is 0 Å². The van der Waals surface area contributed by atoms with Crippen LogP contribution >= 0.6 is 7.82 Å². The third-order valence-electron chi connectivity index (χ3n) is 10.5. The van der Waals surface area contributed by atoms with Gasteiger partial charge in [-0.15, -0.1) is 0 Å². The van der Waals surface area contributed by atoms with Crippen LogP contribution in [-0.2, 0) is 18.4 Å². The SMILES string of the molecule is CCCCCCCCC/C=C/[C@@H](O)[C@H](COP(=O)([O-])OCC[N+](C)(C)C)NC(=O)CCCCCCCCCCCCCCCCCCCCCCCCC. The van der Waals surface area contributed by atoms with Gasteiger partial charge in [0.15, 0.2) is 0 Å². The fraction of sp³-hybridized carbons (Fsp3) is 0.933. The van der Waals surface area contributed by atoms with E-state index in [1.54, 1.807) is 6.08 Å². The summed E-state index contributed by atoms with van der Waals surface area (Å²) < 4.78 is 23.1. The number of nitrogens with one attached hydrogen (secondary N) is 1. The van der Waals surface area contributed by atoms with Gasteiger partial charge in [-0.3, -0.25) is 9.36 Å². The van der Waals surface area contributed by atoms with Gasteiger partial charge in [0.25, 0.3) is 7.82 Å². The largest absolute Gasteiger partial charge is 0.756 e.